The van der Waals surface area contributed by atoms with Gasteiger partial charge in [0.15, 0.2) is 5.52 Å². The van der Waals surface area contributed by atoms with Gasteiger partial charge in [-0.1, -0.05) is 0 Å². The monoisotopic (exact) mass is 178 g/mol. The third-order valence-electron chi connectivity index (χ3n) is 1.65. The van der Waals surface area contributed by atoms with Crippen molar-refractivity contribution >= 4 is 33.8 Å². The molecule has 0 amide bonds. The number of aromatic nitrogens is 4. The Labute approximate surface area is 70.3 Å². The fourth-order valence-electron chi connectivity index (χ4n) is 1.10. The van der Waals surface area contributed by atoms with Gasteiger partial charge in [0, 0.05) is 0 Å². The van der Waals surface area contributed by atoms with Crippen molar-refractivity contribution in [1.82, 2.24) is 19.1 Å². The highest BCUT2D eigenvalue weighted by atomic mass is 32.1. The molecule has 2 aromatic heterocycles. The van der Waals surface area contributed by atoms with Crippen LogP contribution in [0.4, 0.5) is 0 Å². The van der Waals surface area contributed by atoms with Gasteiger partial charge in [0.1, 0.15) is 16.6 Å². The van der Waals surface area contributed by atoms with Crippen LogP contribution in [-0.2, 0) is 0 Å². The fourth-order valence-corrected chi connectivity index (χ4v) is 1.63. The van der Waals surface area contributed by atoms with Crippen LogP contribution in [0.3, 0.4) is 0 Å². The second kappa shape index (κ2) is 1.98. The topological polar surface area (TPSA) is 64.7 Å². The summed E-state index contributed by atoms with van der Waals surface area (Å²) in [4.78, 5) is 0. The van der Waals surface area contributed by atoms with E-state index < -0.39 is 0 Å². The van der Waals surface area contributed by atoms with Crippen LogP contribution in [0.1, 0.15) is 0 Å². The van der Waals surface area contributed by atoms with Crippen molar-refractivity contribution in [1.29, 1.82) is 0 Å². The van der Waals surface area contributed by atoms with E-state index in [-0.39, 0.29) is 0 Å². The first-order valence-corrected chi connectivity index (χ1v) is 4.02. The lowest BCUT2D eigenvalue weighted by molar-refractivity contribution is 0.316. The molecule has 3 rings (SSSR count). The maximum atomic E-state index is 4.58. The summed E-state index contributed by atoms with van der Waals surface area (Å²) < 4.78 is 12.7. The van der Waals surface area contributed by atoms with Gasteiger partial charge in [-0.05, 0) is 22.4 Å². The Morgan fingerprint density at radius 3 is 2.92 bits per heavy atom. The molecule has 0 spiro atoms. The van der Waals surface area contributed by atoms with E-state index in [4.69, 9.17) is 0 Å². The maximum Gasteiger partial charge on any atom is 0.164 e. The number of benzene rings is 1. The summed E-state index contributed by atoms with van der Waals surface area (Å²) in [5.74, 6) is 0. The Morgan fingerprint density at radius 2 is 1.92 bits per heavy atom. The lowest BCUT2D eigenvalue weighted by Crippen LogP contribution is -1.72. The molecule has 0 aliphatic carbocycles. The van der Waals surface area contributed by atoms with Crippen molar-refractivity contribution in [2.45, 2.75) is 0 Å². The molecule has 0 aliphatic heterocycles. The third-order valence-corrected chi connectivity index (χ3v) is 2.19. The number of hydrogen-bond acceptors (Lipinski definition) is 6. The Bertz CT molecular complexity index is 493. The van der Waals surface area contributed by atoms with Crippen molar-refractivity contribution in [3.05, 3.63) is 12.1 Å². The van der Waals surface area contributed by atoms with E-state index in [9.17, 15) is 0 Å². The lowest BCUT2D eigenvalue weighted by atomic mass is 10.3. The molecule has 1 aromatic carbocycles. The summed E-state index contributed by atoms with van der Waals surface area (Å²) in [7, 11) is 0. The van der Waals surface area contributed by atoms with Crippen LogP contribution in [0.25, 0.3) is 22.1 Å². The number of hydrogen-bond donors (Lipinski definition) is 0. The van der Waals surface area contributed by atoms with Gasteiger partial charge in [-0.2, -0.15) is 8.75 Å². The summed E-state index contributed by atoms with van der Waals surface area (Å²) in [6.07, 6.45) is 0. The van der Waals surface area contributed by atoms with E-state index in [1.165, 1.54) is 0 Å². The van der Waals surface area contributed by atoms with E-state index in [0.717, 1.165) is 28.3 Å². The van der Waals surface area contributed by atoms with Gasteiger partial charge in [-0.25, -0.2) is 4.63 Å². The van der Waals surface area contributed by atoms with Gasteiger partial charge >= 0.3 is 0 Å². The fraction of sp³-hybridized carbons (Fsp3) is 0. The zero-order valence-corrected chi connectivity index (χ0v) is 6.58. The van der Waals surface area contributed by atoms with Crippen LogP contribution in [-0.4, -0.2) is 19.1 Å². The number of nitrogens with zero attached hydrogens (tertiary/aromatic N) is 4. The van der Waals surface area contributed by atoms with Crippen molar-refractivity contribution in [2.24, 2.45) is 0 Å². The molecule has 0 aliphatic rings. The van der Waals surface area contributed by atoms with Crippen LogP contribution < -0.4 is 0 Å². The highest BCUT2D eigenvalue weighted by Crippen LogP contribution is 2.19. The third kappa shape index (κ3) is 0.620. The first-order valence-electron chi connectivity index (χ1n) is 3.29. The number of rotatable bonds is 0. The van der Waals surface area contributed by atoms with Crippen molar-refractivity contribution in [2.75, 3.05) is 0 Å². The minimum absolute atomic E-state index is 0.682. The van der Waals surface area contributed by atoms with E-state index in [0.29, 0.717) is 5.52 Å². The van der Waals surface area contributed by atoms with Crippen LogP contribution >= 0.6 is 11.7 Å². The van der Waals surface area contributed by atoms with Gasteiger partial charge in [-0.15, -0.1) is 0 Å². The highest BCUT2D eigenvalue weighted by molar-refractivity contribution is 7.00. The molecule has 58 valence electrons. The summed E-state index contributed by atoms with van der Waals surface area (Å²) in [5.41, 5.74) is 3.00. The molecule has 0 fully saturated rings. The molecule has 0 bridgehead atoms. The Hall–Kier alpha value is -1.56. The maximum absolute atomic E-state index is 4.58. The molecular formula is C6H2N4OS. The van der Waals surface area contributed by atoms with Crippen molar-refractivity contribution in [3.8, 4) is 0 Å². The Balaban J connectivity index is 2.71. The molecule has 12 heavy (non-hydrogen) atoms. The van der Waals surface area contributed by atoms with Gasteiger partial charge in [0.05, 0.1) is 11.7 Å². The lowest BCUT2D eigenvalue weighted by Gasteiger charge is -1.82. The minimum atomic E-state index is 0.682. The molecule has 0 N–H and O–H groups in total. The molecule has 3 aromatic rings. The quantitative estimate of drug-likeness (QED) is 0.518. The summed E-state index contributed by atoms with van der Waals surface area (Å²) in [6.45, 7) is 0. The van der Waals surface area contributed by atoms with Crippen LogP contribution in [0.2, 0.25) is 0 Å². The molecule has 0 saturated carbocycles. The Kier molecular flexibility index (Phi) is 0.991. The summed E-state index contributed by atoms with van der Waals surface area (Å²) in [6, 6.07) is 3.67. The van der Waals surface area contributed by atoms with Crippen LogP contribution in [0, 0.1) is 0 Å². The van der Waals surface area contributed by atoms with Gasteiger partial charge < -0.3 is 0 Å². The predicted octanol–water partition coefficient (Wildman–Crippen LogP) is 1.23. The predicted molar refractivity (Wildman–Crippen MR) is 42.8 cm³/mol. The summed E-state index contributed by atoms with van der Waals surface area (Å²) >= 11 is 1.16. The van der Waals surface area contributed by atoms with Crippen molar-refractivity contribution < 1.29 is 4.63 Å². The first-order chi connectivity index (χ1) is 5.95. The molecule has 0 saturated heterocycles. The molecule has 5 nitrogen and oxygen atoms in total. The van der Waals surface area contributed by atoms with E-state index in [1.807, 2.05) is 12.1 Å². The molecule has 6 heteroatoms. The molecule has 0 atom stereocenters. The Morgan fingerprint density at radius 1 is 1.00 bits per heavy atom. The molecule has 0 radical (unpaired) electrons. The largest absolute Gasteiger partial charge is 0.243 e. The van der Waals surface area contributed by atoms with E-state index in [1.54, 1.807) is 0 Å². The number of fused-ring (bicyclic) bond motifs is 3. The molecule has 2 heterocycles. The zero-order chi connectivity index (χ0) is 7.97. The molecule has 0 unspecified atom stereocenters. The van der Waals surface area contributed by atoms with Crippen LogP contribution in [0.5, 0.6) is 0 Å². The van der Waals surface area contributed by atoms with E-state index >= 15 is 0 Å². The zero-order valence-electron chi connectivity index (χ0n) is 5.76. The van der Waals surface area contributed by atoms with Crippen molar-refractivity contribution in [3.63, 3.8) is 0 Å². The molecular weight excluding hydrogens is 176 g/mol. The second-order valence-electron chi connectivity index (χ2n) is 2.33. The van der Waals surface area contributed by atoms with Crippen LogP contribution in [0.15, 0.2) is 16.8 Å². The van der Waals surface area contributed by atoms with Gasteiger partial charge in [0.2, 0.25) is 0 Å². The second-order valence-corrected chi connectivity index (χ2v) is 2.86. The smallest absolute Gasteiger partial charge is 0.164 e. The summed E-state index contributed by atoms with van der Waals surface area (Å²) in [5, 5.41) is 7.44. The first kappa shape index (κ1) is 6.01. The normalized spacial score (nSPS) is 11.3. The average Bonchev–Trinajstić information content (AvgIpc) is 2.71. The SMILES string of the molecule is c1cc2nsnc2c2nonc12. The average molecular weight is 178 g/mol. The standard InChI is InChI=1S/C6H2N4OS/c1-2-4-6(10-12-9-4)5-3(1)7-11-8-5/h1-2H. The van der Waals surface area contributed by atoms with Gasteiger partial charge in [0.25, 0.3) is 0 Å². The van der Waals surface area contributed by atoms with Gasteiger partial charge in [-0.3, -0.25) is 0 Å². The highest BCUT2D eigenvalue weighted by Gasteiger charge is 2.07. The van der Waals surface area contributed by atoms with E-state index in [2.05, 4.69) is 23.7 Å². The minimum Gasteiger partial charge on any atom is -0.243 e.